The average molecular weight is 293 g/mol. The Labute approximate surface area is 128 Å². The van der Waals surface area contributed by atoms with Gasteiger partial charge in [0.05, 0.1) is 0 Å². The first-order chi connectivity index (χ1) is 10.3. The second kappa shape index (κ2) is 5.94. The first kappa shape index (κ1) is 13.6. The fourth-order valence-electron chi connectivity index (χ4n) is 2.46. The van der Waals surface area contributed by atoms with Crippen LogP contribution in [0.4, 0.5) is 0 Å². The molecule has 0 N–H and O–H groups in total. The Kier molecular flexibility index (Phi) is 3.85. The SMILES string of the molecule is O=Cc1c(-c2ccccc2)cc(Cl)cc1-c1ccccc1. The Balaban J connectivity index is 2.28. The summed E-state index contributed by atoms with van der Waals surface area (Å²) in [4.78, 5) is 11.7. The highest BCUT2D eigenvalue weighted by Gasteiger charge is 2.12. The first-order valence-corrected chi connectivity index (χ1v) is 7.07. The monoisotopic (exact) mass is 292 g/mol. The van der Waals surface area contributed by atoms with Crippen LogP contribution in [0.15, 0.2) is 72.8 Å². The molecule has 2 heteroatoms. The topological polar surface area (TPSA) is 17.1 Å². The van der Waals surface area contributed by atoms with E-state index < -0.39 is 0 Å². The van der Waals surface area contributed by atoms with E-state index in [-0.39, 0.29) is 0 Å². The summed E-state index contributed by atoms with van der Waals surface area (Å²) < 4.78 is 0. The summed E-state index contributed by atoms with van der Waals surface area (Å²) in [5, 5.41) is 0.623. The van der Waals surface area contributed by atoms with Gasteiger partial charge in [0.15, 0.2) is 6.29 Å². The molecule has 0 spiro atoms. The van der Waals surface area contributed by atoms with E-state index in [1.807, 2.05) is 72.8 Å². The summed E-state index contributed by atoms with van der Waals surface area (Å²) in [6.07, 6.45) is 0.904. The van der Waals surface area contributed by atoms with Crippen LogP contribution in [0.2, 0.25) is 5.02 Å². The molecule has 0 aliphatic heterocycles. The van der Waals surface area contributed by atoms with E-state index in [0.717, 1.165) is 28.5 Å². The quantitative estimate of drug-likeness (QED) is 0.584. The highest BCUT2D eigenvalue weighted by atomic mass is 35.5. The number of hydrogen-bond donors (Lipinski definition) is 0. The minimum absolute atomic E-state index is 0.623. The largest absolute Gasteiger partial charge is 0.298 e. The molecule has 3 aromatic rings. The number of carbonyl (C=O) groups is 1. The van der Waals surface area contributed by atoms with E-state index in [0.29, 0.717) is 10.6 Å². The third-order valence-electron chi connectivity index (χ3n) is 3.43. The van der Waals surface area contributed by atoms with Gasteiger partial charge < -0.3 is 0 Å². The maximum atomic E-state index is 11.7. The van der Waals surface area contributed by atoms with Gasteiger partial charge in [-0.2, -0.15) is 0 Å². The molecule has 0 saturated carbocycles. The van der Waals surface area contributed by atoms with Crippen LogP contribution < -0.4 is 0 Å². The Morgan fingerprint density at radius 2 is 1.14 bits per heavy atom. The Hall–Kier alpha value is -2.38. The van der Waals surface area contributed by atoms with E-state index in [4.69, 9.17) is 11.6 Å². The van der Waals surface area contributed by atoms with E-state index in [9.17, 15) is 4.79 Å². The second-order valence-electron chi connectivity index (χ2n) is 4.76. The molecule has 0 fully saturated rings. The summed E-state index contributed by atoms with van der Waals surface area (Å²) in [6, 6.07) is 23.3. The minimum atomic E-state index is 0.623. The zero-order valence-electron chi connectivity index (χ0n) is 11.3. The zero-order chi connectivity index (χ0) is 14.7. The molecule has 3 aromatic carbocycles. The van der Waals surface area contributed by atoms with Gasteiger partial charge in [0, 0.05) is 10.6 Å². The smallest absolute Gasteiger partial charge is 0.151 e. The molecule has 0 radical (unpaired) electrons. The van der Waals surface area contributed by atoms with Gasteiger partial charge in [-0.05, 0) is 34.4 Å². The van der Waals surface area contributed by atoms with Crippen LogP contribution >= 0.6 is 11.6 Å². The highest BCUT2D eigenvalue weighted by Crippen LogP contribution is 2.34. The van der Waals surface area contributed by atoms with Crippen molar-refractivity contribution in [3.05, 3.63) is 83.4 Å². The van der Waals surface area contributed by atoms with Crippen LogP contribution in [0, 0.1) is 0 Å². The molecule has 1 nitrogen and oxygen atoms in total. The molecule has 0 bridgehead atoms. The third kappa shape index (κ3) is 2.74. The van der Waals surface area contributed by atoms with Gasteiger partial charge in [-0.15, -0.1) is 0 Å². The maximum Gasteiger partial charge on any atom is 0.151 e. The maximum absolute atomic E-state index is 11.7. The van der Waals surface area contributed by atoms with E-state index in [1.165, 1.54) is 0 Å². The fourth-order valence-corrected chi connectivity index (χ4v) is 2.68. The molecule has 102 valence electrons. The van der Waals surface area contributed by atoms with Crippen LogP contribution in [-0.2, 0) is 0 Å². The number of hydrogen-bond acceptors (Lipinski definition) is 1. The number of carbonyl (C=O) groups excluding carboxylic acids is 1. The Bertz CT molecular complexity index is 704. The number of rotatable bonds is 3. The van der Waals surface area contributed by atoms with Gasteiger partial charge >= 0.3 is 0 Å². The van der Waals surface area contributed by atoms with Gasteiger partial charge in [-0.3, -0.25) is 4.79 Å². The molecule has 3 rings (SSSR count). The molecule has 0 unspecified atom stereocenters. The van der Waals surface area contributed by atoms with Crippen LogP contribution in [-0.4, -0.2) is 6.29 Å². The van der Waals surface area contributed by atoms with Gasteiger partial charge in [0.1, 0.15) is 0 Å². The minimum Gasteiger partial charge on any atom is -0.298 e. The predicted molar refractivity (Wildman–Crippen MR) is 87.7 cm³/mol. The molecular formula is C19H13ClO. The van der Waals surface area contributed by atoms with Crippen molar-refractivity contribution >= 4 is 17.9 Å². The lowest BCUT2D eigenvalue weighted by molar-refractivity contribution is 0.112. The lowest BCUT2D eigenvalue weighted by Gasteiger charge is -2.12. The van der Waals surface area contributed by atoms with Crippen molar-refractivity contribution in [2.75, 3.05) is 0 Å². The molecule has 0 atom stereocenters. The fraction of sp³-hybridized carbons (Fsp3) is 0. The number of benzene rings is 3. The van der Waals surface area contributed by atoms with Gasteiger partial charge in [-0.1, -0.05) is 72.3 Å². The van der Waals surface area contributed by atoms with Gasteiger partial charge in [0.2, 0.25) is 0 Å². The third-order valence-corrected chi connectivity index (χ3v) is 3.65. The second-order valence-corrected chi connectivity index (χ2v) is 5.20. The number of halogens is 1. The van der Waals surface area contributed by atoms with Crippen molar-refractivity contribution < 1.29 is 4.79 Å². The molecule has 0 amide bonds. The molecule has 0 aliphatic rings. The molecule has 0 aromatic heterocycles. The summed E-state index contributed by atoms with van der Waals surface area (Å²) in [6.45, 7) is 0. The predicted octanol–water partition coefficient (Wildman–Crippen LogP) is 5.49. The van der Waals surface area contributed by atoms with Crippen molar-refractivity contribution in [2.45, 2.75) is 0 Å². The van der Waals surface area contributed by atoms with Crippen molar-refractivity contribution in [2.24, 2.45) is 0 Å². The first-order valence-electron chi connectivity index (χ1n) is 6.69. The van der Waals surface area contributed by atoms with Crippen LogP contribution in [0.1, 0.15) is 10.4 Å². The lowest BCUT2D eigenvalue weighted by Crippen LogP contribution is -1.93. The Morgan fingerprint density at radius 3 is 1.52 bits per heavy atom. The summed E-state index contributed by atoms with van der Waals surface area (Å²) >= 11 is 6.26. The van der Waals surface area contributed by atoms with Gasteiger partial charge in [0.25, 0.3) is 0 Å². The van der Waals surface area contributed by atoms with Crippen LogP contribution in [0.5, 0.6) is 0 Å². The summed E-state index contributed by atoms with van der Waals surface area (Å²) in [5.74, 6) is 0. The van der Waals surface area contributed by atoms with Crippen molar-refractivity contribution in [3.63, 3.8) is 0 Å². The summed E-state index contributed by atoms with van der Waals surface area (Å²) in [7, 11) is 0. The molecule has 0 heterocycles. The highest BCUT2D eigenvalue weighted by molar-refractivity contribution is 6.31. The average Bonchev–Trinajstić information content (AvgIpc) is 2.55. The zero-order valence-corrected chi connectivity index (χ0v) is 12.0. The molecule has 21 heavy (non-hydrogen) atoms. The van der Waals surface area contributed by atoms with Crippen LogP contribution in [0.25, 0.3) is 22.3 Å². The number of aldehydes is 1. The lowest BCUT2D eigenvalue weighted by atomic mass is 9.92. The standard InChI is InChI=1S/C19H13ClO/c20-16-11-17(14-7-3-1-4-8-14)19(13-21)18(12-16)15-9-5-2-6-10-15/h1-13H. The summed E-state index contributed by atoms with van der Waals surface area (Å²) in [5.41, 5.74) is 4.35. The van der Waals surface area contributed by atoms with E-state index in [2.05, 4.69) is 0 Å². The molecular weight excluding hydrogens is 280 g/mol. The molecule has 0 aliphatic carbocycles. The molecule has 0 saturated heterocycles. The van der Waals surface area contributed by atoms with E-state index >= 15 is 0 Å². The van der Waals surface area contributed by atoms with E-state index in [1.54, 1.807) is 0 Å². The Morgan fingerprint density at radius 1 is 0.714 bits per heavy atom. The van der Waals surface area contributed by atoms with Crippen molar-refractivity contribution in [1.82, 2.24) is 0 Å². The van der Waals surface area contributed by atoms with Crippen molar-refractivity contribution in [3.8, 4) is 22.3 Å². The van der Waals surface area contributed by atoms with Gasteiger partial charge in [-0.25, -0.2) is 0 Å². The van der Waals surface area contributed by atoms with Crippen LogP contribution in [0.3, 0.4) is 0 Å². The normalized spacial score (nSPS) is 10.3. The van der Waals surface area contributed by atoms with Crippen molar-refractivity contribution in [1.29, 1.82) is 0 Å².